The van der Waals surface area contributed by atoms with Crippen molar-refractivity contribution in [3.63, 3.8) is 0 Å². The van der Waals surface area contributed by atoms with Crippen LogP contribution < -0.4 is 0 Å². The van der Waals surface area contributed by atoms with Gasteiger partial charge in [-0.2, -0.15) is 12.6 Å². The van der Waals surface area contributed by atoms with Gasteiger partial charge in [0.2, 0.25) is 0 Å². The molecule has 0 spiro atoms. The van der Waals surface area contributed by atoms with Crippen LogP contribution in [0.15, 0.2) is 12.2 Å². The van der Waals surface area contributed by atoms with Crippen molar-refractivity contribution in [1.82, 2.24) is 4.90 Å². The van der Waals surface area contributed by atoms with Crippen LogP contribution in [0.4, 0.5) is 0 Å². The Kier molecular flexibility index (Phi) is 1.77. The van der Waals surface area contributed by atoms with Gasteiger partial charge in [0.25, 0.3) is 0 Å². The second kappa shape index (κ2) is 2.53. The third-order valence-electron chi connectivity index (χ3n) is 3.03. The van der Waals surface area contributed by atoms with Crippen molar-refractivity contribution < 1.29 is 0 Å². The molecule has 2 aliphatic heterocycles. The number of nitrogens with zero attached hydrogens (tertiary/aromatic N) is 1. The minimum atomic E-state index is 0.417. The largest absolute Gasteiger partial charge is 0.293 e. The Balaban J connectivity index is 2.21. The molecule has 0 aromatic carbocycles. The number of hydrogen-bond acceptors (Lipinski definition) is 2. The average molecular weight is 169 g/mol. The molecule has 1 unspecified atom stereocenters. The van der Waals surface area contributed by atoms with Gasteiger partial charge in [-0.05, 0) is 25.8 Å². The quantitative estimate of drug-likeness (QED) is 0.462. The highest BCUT2D eigenvalue weighted by Crippen LogP contribution is 2.41. The lowest BCUT2D eigenvalue weighted by molar-refractivity contribution is 0.224. The minimum absolute atomic E-state index is 0.417. The van der Waals surface area contributed by atoms with Gasteiger partial charge in [-0.25, -0.2) is 0 Å². The monoisotopic (exact) mass is 169 g/mol. The van der Waals surface area contributed by atoms with Crippen molar-refractivity contribution in [2.75, 3.05) is 18.8 Å². The minimum Gasteiger partial charge on any atom is -0.293 e. The van der Waals surface area contributed by atoms with E-state index in [4.69, 9.17) is 0 Å². The molecule has 0 aromatic rings. The number of fused-ring (bicyclic) bond motifs is 1. The molecule has 1 atom stereocenters. The molecular formula is C9H15NS. The fourth-order valence-electron chi connectivity index (χ4n) is 2.47. The van der Waals surface area contributed by atoms with Gasteiger partial charge in [0.15, 0.2) is 0 Å². The van der Waals surface area contributed by atoms with Gasteiger partial charge in [-0.1, -0.05) is 12.2 Å². The van der Waals surface area contributed by atoms with Crippen LogP contribution in [0.1, 0.15) is 19.3 Å². The zero-order valence-corrected chi connectivity index (χ0v) is 7.74. The Hall–Kier alpha value is 0.0500. The second-order valence-electron chi connectivity index (χ2n) is 3.83. The van der Waals surface area contributed by atoms with Crippen molar-refractivity contribution in [1.29, 1.82) is 0 Å². The smallest absolute Gasteiger partial charge is 0.0338 e. The molecule has 0 aromatic heterocycles. The van der Waals surface area contributed by atoms with E-state index in [1.165, 1.54) is 31.4 Å². The van der Waals surface area contributed by atoms with Crippen LogP contribution in [0.2, 0.25) is 0 Å². The molecule has 2 rings (SSSR count). The highest BCUT2D eigenvalue weighted by Gasteiger charge is 2.44. The lowest BCUT2D eigenvalue weighted by atomic mass is 9.95. The van der Waals surface area contributed by atoms with E-state index < -0.39 is 0 Å². The van der Waals surface area contributed by atoms with Gasteiger partial charge in [0.05, 0.1) is 0 Å². The fourth-order valence-corrected chi connectivity index (χ4v) is 2.94. The Bertz CT molecular complexity index is 190. The van der Waals surface area contributed by atoms with E-state index in [0.717, 1.165) is 12.3 Å². The number of hydrogen-bond donors (Lipinski definition) is 1. The van der Waals surface area contributed by atoms with Gasteiger partial charge in [-0.15, -0.1) is 0 Å². The number of thiol groups is 1. The zero-order valence-electron chi connectivity index (χ0n) is 6.84. The third-order valence-corrected chi connectivity index (χ3v) is 3.62. The highest BCUT2D eigenvalue weighted by atomic mass is 32.1. The summed E-state index contributed by atoms with van der Waals surface area (Å²) >= 11 is 4.44. The van der Waals surface area contributed by atoms with Gasteiger partial charge < -0.3 is 0 Å². The van der Waals surface area contributed by atoms with Crippen LogP contribution in [0.3, 0.4) is 0 Å². The van der Waals surface area contributed by atoms with Crippen molar-refractivity contribution >= 4 is 12.6 Å². The summed E-state index contributed by atoms with van der Waals surface area (Å²) in [6.07, 6.45) is 3.87. The summed E-state index contributed by atoms with van der Waals surface area (Å²) < 4.78 is 0. The van der Waals surface area contributed by atoms with Gasteiger partial charge in [0.1, 0.15) is 0 Å². The standard InChI is InChI=1S/C9H15NS/c1-8-5-9(7-11)3-2-4-10(9)6-8/h11H,1-7H2. The lowest BCUT2D eigenvalue weighted by Crippen LogP contribution is -2.39. The first-order chi connectivity index (χ1) is 5.27. The van der Waals surface area contributed by atoms with Crippen molar-refractivity contribution in [3.05, 3.63) is 12.2 Å². The molecule has 2 saturated heterocycles. The van der Waals surface area contributed by atoms with Gasteiger partial charge in [-0.3, -0.25) is 4.90 Å². The molecule has 0 bridgehead atoms. The van der Waals surface area contributed by atoms with Crippen molar-refractivity contribution in [3.8, 4) is 0 Å². The molecule has 0 radical (unpaired) electrons. The van der Waals surface area contributed by atoms with Crippen molar-refractivity contribution in [2.24, 2.45) is 0 Å². The lowest BCUT2D eigenvalue weighted by Gasteiger charge is -2.29. The van der Waals surface area contributed by atoms with E-state index in [1.807, 2.05) is 0 Å². The molecule has 0 N–H and O–H groups in total. The molecule has 2 fully saturated rings. The topological polar surface area (TPSA) is 3.24 Å². The predicted octanol–water partition coefficient (Wildman–Crippen LogP) is 1.71. The molecular weight excluding hydrogens is 154 g/mol. The highest BCUT2D eigenvalue weighted by molar-refractivity contribution is 7.80. The van der Waals surface area contributed by atoms with E-state index in [1.54, 1.807) is 0 Å². The maximum Gasteiger partial charge on any atom is 0.0338 e. The third kappa shape index (κ3) is 1.04. The average Bonchev–Trinajstić information content (AvgIpc) is 2.43. The summed E-state index contributed by atoms with van der Waals surface area (Å²) in [5.74, 6) is 1.01. The van der Waals surface area contributed by atoms with Crippen LogP contribution in [0.25, 0.3) is 0 Å². The van der Waals surface area contributed by atoms with Crippen LogP contribution in [0.5, 0.6) is 0 Å². The molecule has 62 valence electrons. The molecule has 1 nitrogen and oxygen atoms in total. The van der Waals surface area contributed by atoms with Crippen LogP contribution in [-0.2, 0) is 0 Å². The molecule has 0 amide bonds. The summed E-state index contributed by atoms with van der Waals surface area (Å²) in [6.45, 7) is 6.44. The van der Waals surface area contributed by atoms with Crippen LogP contribution in [-0.4, -0.2) is 29.3 Å². The summed E-state index contributed by atoms with van der Waals surface area (Å²) in [5.41, 5.74) is 1.82. The van der Waals surface area contributed by atoms with Gasteiger partial charge >= 0.3 is 0 Å². The molecule has 0 aliphatic carbocycles. The summed E-state index contributed by atoms with van der Waals surface area (Å²) in [5, 5.41) is 0. The Morgan fingerprint density at radius 3 is 3.09 bits per heavy atom. The van der Waals surface area contributed by atoms with E-state index in [2.05, 4.69) is 24.1 Å². The molecule has 2 heterocycles. The SMILES string of the molecule is C=C1CN2CCCC2(CS)C1. The molecule has 0 saturated carbocycles. The summed E-state index contributed by atoms with van der Waals surface area (Å²) in [6, 6.07) is 0. The molecule has 11 heavy (non-hydrogen) atoms. The predicted molar refractivity (Wildman–Crippen MR) is 51.1 cm³/mol. The second-order valence-corrected chi connectivity index (χ2v) is 4.15. The van der Waals surface area contributed by atoms with Crippen LogP contribution >= 0.6 is 12.6 Å². The maximum atomic E-state index is 4.44. The van der Waals surface area contributed by atoms with Gasteiger partial charge in [0, 0.05) is 17.8 Å². The van der Waals surface area contributed by atoms with E-state index in [9.17, 15) is 0 Å². The van der Waals surface area contributed by atoms with E-state index in [-0.39, 0.29) is 0 Å². The first kappa shape index (κ1) is 7.69. The first-order valence-electron chi connectivity index (χ1n) is 4.29. The fraction of sp³-hybridized carbons (Fsp3) is 0.778. The van der Waals surface area contributed by atoms with E-state index >= 15 is 0 Å². The maximum absolute atomic E-state index is 4.44. The molecule has 2 heteroatoms. The summed E-state index contributed by atoms with van der Waals surface area (Å²) in [7, 11) is 0. The van der Waals surface area contributed by atoms with Crippen molar-refractivity contribution in [2.45, 2.75) is 24.8 Å². The summed E-state index contributed by atoms with van der Waals surface area (Å²) in [4.78, 5) is 2.56. The Labute approximate surface area is 73.9 Å². The van der Waals surface area contributed by atoms with Crippen LogP contribution in [0, 0.1) is 0 Å². The Morgan fingerprint density at radius 1 is 1.64 bits per heavy atom. The Morgan fingerprint density at radius 2 is 2.45 bits per heavy atom. The normalized spacial score (nSPS) is 38.1. The molecule has 2 aliphatic rings. The number of rotatable bonds is 1. The first-order valence-corrected chi connectivity index (χ1v) is 4.93. The van der Waals surface area contributed by atoms with E-state index in [0.29, 0.717) is 5.54 Å². The zero-order chi connectivity index (χ0) is 7.90.